The molecule has 2 nitrogen and oxygen atoms in total. The zero-order valence-corrected chi connectivity index (χ0v) is 8.11. The maximum absolute atomic E-state index is 11.0. The van der Waals surface area contributed by atoms with E-state index in [1.807, 2.05) is 0 Å². The number of alkyl halides is 1. The van der Waals surface area contributed by atoms with Gasteiger partial charge in [0.05, 0.1) is 17.2 Å². The molecule has 4 heteroatoms. The van der Waals surface area contributed by atoms with E-state index in [2.05, 4.69) is 31.9 Å². The second-order valence-electron chi connectivity index (χ2n) is 1.66. The van der Waals surface area contributed by atoms with Gasteiger partial charge in [0.1, 0.15) is 0 Å². The van der Waals surface area contributed by atoms with E-state index in [1.165, 1.54) is 6.26 Å². The summed E-state index contributed by atoms with van der Waals surface area (Å²) in [5, 5.41) is 0.325. The van der Waals surface area contributed by atoms with Crippen LogP contribution in [0.4, 0.5) is 0 Å². The Morgan fingerprint density at radius 3 is 2.80 bits per heavy atom. The molecular weight excluding hydrogens is 264 g/mol. The second-order valence-corrected chi connectivity index (χ2v) is 2.95. The molecule has 1 heterocycles. The summed E-state index contributed by atoms with van der Waals surface area (Å²) in [6.07, 6.45) is 1.47. The van der Waals surface area contributed by atoms with Gasteiger partial charge in [-0.25, -0.2) is 0 Å². The van der Waals surface area contributed by atoms with Crippen molar-refractivity contribution >= 4 is 37.6 Å². The molecule has 1 aromatic rings. The van der Waals surface area contributed by atoms with Gasteiger partial charge in [-0.15, -0.1) is 0 Å². The first kappa shape index (κ1) is 8.01. The Morgan fingerprint density at radius 2 is 2.40 bits per heavy atom. The SMILES string of the molecule is O=C(CBr)c1ccoc1Br. The fourth-order valence-corrected chi connectivity index (χ4v) is 1.33. The third-order valence-corrected chi connectivity index (χ3v) is 2.16. The maximum atomic E-state index is 11.0. The molecule has 0 saturated carbocycles. The summed E-state index contributed by atoms with van der Waals surface area (Å²) >= 11 is 6.16. The highest BCUT2D eigenvalue weighted by Gasteiger charge is 2.09. The van der Waals surface area contributed by atoms with Crippen molar-refractivity contribution in [2.75, 3.05) is 5.33 Å². The standard InChI is InChI=1S/C6H4Br2O2/c7-3-5(9)4-1-2-10-6(4)8/h1-2H,3H2. The number of ketones is 1. The van der Waals surface area contributed by atoms with Gasteiger partial charge in [0, 0.05) is 0 Å². The highest BCUT2D eigenvalue weighted by atomic mass is 79.9. The molecule has 54 valence electrons. The number of carbonyl (C=O) groups is 1. The quantitative estimate of drug-likeness (QED) is 0.609. The molecule has 0 amide bonds. The van der Waals surface area contributed by atoms with E-state index in [4.69, 9.17) is 4.42 Å². The van der Waals surface area contributed by atoms with Gasteiger partial charge < -0.3 is 4.42 Å². The van der Waals surface area contributed by atoms with Crippen LogP contribution < -0.4 is 0 Å². The van der Waals surface area contributed by atoms with Crippen LogP contribution in [0.5, 0.6) is 0 Å². The molecule has 0 aromatic carbocycles. The van der Waals surface area contributed by atoms with E-state index in [-0.39, 0.29) is 5.78 Å². The van der Waals surface area contributed by atoms with E-state index in [0.29, 0.717) is 15.6 Å². The number of rotatable bonds is 2. The molecule has 0 aliphatic rings. The van der Waals surface area contributed by atoms with Gasteiger partial charge in [0.2, 0.25) is 0 Å². The Bertz CT molecular complexity index is 242. The molecule has 0 fully saturated rings. The highest BCUT2D eigenvalue weighted by Crippen LogP contribution is 2.18. The van der Waals surface area contributed by atoms with Crippen LogP contribution in [0.15, 0.2) is 21.4 Å². The van der Waals surface area contributed by atoms with Gasteiger partial charge in [-0.2, -0.15) is 0 Å². The summed E-state index contributed by atoms with van der Waals surface area (Å²) in [4.78, 5) is 11.0. The van der Waals surface area contributed by atoms with Crippen LogP contribution in [0.2, 0.25) is 0 Å². The molecule has 0 radical (unpaired) electrons. The smallest absolute Gasteiger partial charge is 0.179 e. The lowest BCUT2D eigenvalue weighted by atomic mass is 10.2. The minimum Gasteiger partial charge on any atom is -0.457 e. The minimum atomic E-state index is 0.0145. The normalized spacial score (nSPS) is 9.80. The fraction of sp³-hybridized carbons (Fsp3) is 0.167. The van der Waals surface area contributed by atoms with Crippen molar-refractivity contribution in [3.8, 4) is 0 Å². The van der Waals surface area contributed by atoms with E-state index < -0.39 is 0 Å². The number of hydrogen-bond donors (Lipinski definition) is 0. The molecule has 1 aromatic heterocycles. The van der Waals surface area contributed by atoms with Crippen LogP contribution in [-0.2, 0) is 0 Å². The van der Waals surface area contributed by atoms with Crippen molar-refractivity contribution in [2.24, 2.45) is 0 Å². The van der Waals surface area contributed by atoms with Gasteiger partial charge in [-0.3, -0.25) is 4.79 Å². The van der Waals surface area contributed by atoms with E-state index in [9.17, 15) is 4.79 Å². The fourth-order valence-electron chi connectivity index (χ4n) is 0.565. The first-order valence-electron chi connectivity index (χ1n) is 2.58. The van der Waals surface area contributed by atoms with Crippen molar-refractivity contribution in [3.05, 3.63) is 22.6 Å². The van der Waals surface area contributed by atoms with Crippen LogP contribution in [0.1, 0.15) is 10.4 Å². The second kappa shape index (κ2) is 3.34. The van der Waals surface area contributed by atoms with Crippen LogP contribution in [0, 0.1) is 0 Å². The van der Waals surface area contributed by atoms with Gasteiger partial charge in [0.25, 0.3) is 0 Å². The molecule has 0 saturated heterocycles. The molecule has 0 aliphatic carbocycles. The number of furan rings is 1. The molecule has 0 unspecified atom stereocenters. The van der Waals surface area contributed by atoms with E-state index in [0.717, 1.165) is 0 Å². The maximum Gasteiger partial charge on any atom is 0.179 e. The monoisotopic (exact) mass is 266 g/mol. The van der Waals surface area contributed by atoms with Crippen LogP contribution in [0.25, 0.3) is 0 Å². The largest absolute Gasteiger partial charge is 0.457 e. The van der Waals surface area contributed by atoms with Crippen molar-refractivity contribution < 1.29 is 9.21 Å². The van der Waals surface area contributed by atoms with Crippen molar-refractivity contribution in [1.82, 2.24) is 0 Å². The van der Waals surface area contributed by atoms with Crippen molar-refractivity contribution in [1.29, 1.82) is 0 Å². The first-order chi connectivity index (χ1) is 4.75. The molecule has 0 aliphatic heterocycles. The molecule has 1 rings (SSSR count). The Morgan fingerprint density at radius 1 is 1.70 bits per heavy atom. The molecule has 0 spiro atoms. The molecule has 0 bridgehead atoms. The predicted octanol–water partition coefficient (Wildman–Crippen LogP) is 2.62. The molecular formula is C6H4Br2O2. The zero-order valence-electron chi connectivity index (χ0n) is 4.93. The van der Waals surface area contributed by atoms with Gasteiger partial charge >= 0.3 is 0 Å². The molecule has 0 atom stereocenters. The van der Waals surface area contributed by atoms with Crippen LogP contribution in [-0.4, -0.2) is 11.1 Å². The Labute approximate surface area is 74.9 Å². The Balaban J connectivity index is 2.93. The summed E-state index contributed by atoms with van der Waals surface area (Å²) in [7, 11) is 0. The van der Waals surface area contributed by atoms with Gasteiger partial charge in [-0.1, -0.05) is 15.9 Å². The Kier molecular flexibility index (Phi) is 2.68. The predicted molar refractivity (Wildman–Crippen MR) is 44.5 cm³/mol. The van der Waals surface area contributed by atoms with Gasteiger partial charge in [0.15, 0.2) is 10.5 Å². The lowest BCUT2D eigenvalue weighted by Gasteiger charge is -1.88. The zero-order chi connectivity index (χ0) is 7.56. The third-order valence-electron chi connectivity index (χ3n) is 1.04. The van der Waals surface area contributed by atoms with Crippen molar-refractivity contribution in [3.63, 3.8) is 0 Å². The number of halogens is 2. The summed E-state index contributed by atoms with van der Waals surface area (Å²) in [6.45, 7) is 0. The highest BCUT2D eigenvalue weighted by molar-refractivity contribution is 9.10. The lowest BCUT2D eigenvalue weighted by Crippen LogP contribution is -1.97. The number of hydrogen-bond acceptors (Lipinski definition) is 2. The lowest BCUT2D eigenvalue weighted by molar-refractivity contribution is 0.102. The Hall–Kier alpha value is -0.0900. The topological polar surface area (TPSA) is 30.2 Å². The summed E-state index contributed by atoms with van der Waals surface area (Å²) < 4.78 is 5.36. The average Bonchev–Trinajstić information content (AvgIpc) is 2.34. The van der Waals surface area contributed by atoms with Crippen LogP contribution in [0.3, 0.4) is 0 Å². The first-order valence-corrected chi connectivity index (χ1v) is 4.49. The molecule has 10 heavy (non-hydrogen) atoms. The number of Topliss-reactive ketones (excluding diaryl/α,β-unsaturated/α-hetero) is 1. The molecule has 0 N–H and O–H groups in total. The summed E-state index contributed by atoms with van der Waals surface area (Å²) in [6, 6.07) is 1.63. The number of carbonyl (C=O) groups excluding carboxylic acids is 1. The summed E-state index contributed by atoms with van der Waals surface area (Å²) in [5.41, 5.74) is 0.580. The van der Waals surface area contributed by atoms with E-state index >= 15 is 0 Å². The van der Waals surface area contributed by atoms with E-state index in [1.54, 1.807) is 6.07 Å². The van der Waals surface area contributed by atoms with Gasteiger partial charge in [-0.05, 0) is 22.0 Å². The summed E-state index contributed by atoms with van der Waals surface area (Å²) in [5.74, 6) is 0.0145. The van der Waals surface area contributed by atoms with Crippen LogP contribution >= 0.6 is 31.9 Å². The van der Waals surface area contributed by atoms with Crippen molar-refractivity contribution in [2.45, 2.75) is 0 Å². The average molecular weight is 268 g/mol. The third kappa shape index (κ3) is 1.49. The minimum absolute atomic E-state index is 0.0145.